The number of nitrogens with one attached hydrogen (secondary N) is 1. The maximum Gasteiger partial charge on any atom is 0.170 e. The molecule has 0 aliphatic carbocycles. The minimum atomic E-state index is -0.255. The summed E-state index contributed by atoms with van der Waals surface area (Å²) in [4.78, 5) is 11.1. The number of rotatable bonds is 5. The lowest BCUT2D eigenvalue weighted by atomic mass is 9.96. The largest absolute Gasteiger partial charge is 0.352 e. The Hall–Kier alpha value is -3.58. The molecule has 0 radical (unpaired) electrons. The molecule has 1 aromatic carbocycles. The molecule has 1 saturated heterocycles. The van der Waals surface area contributed by atoms with Crippen LogP contribution >= 0.6 is 12.2 Å². The van der Waals surface area contributed by atoms with Crippen LogP contribution in [0.1, 0.15) is 40.3 Å². The van der Waals surface area contributed by atoms with E-state index in [2.05, 4.69) is 43.8 Å². The van der Waals surface area contributed by atoms with Gasteiger partial charge in [0.25, 0.3) is 0 Å². The first kappa shape index (κ1) is 21.3. The van der Waals surface area contributed by atoms with Crippen molar-refractivity contribution in [3.8, 4) is 5.69 Å². The molecular weight excluding hydrogens is 433 g/mol. The first-order chi connectivity index (χ1) is 16.0. The third-order valence-corrected chi connectivity index (χ3v) is 6.48. The Morgan fingerprint density at radius 1 is 1.03 bits per heavy atom. The lowest BCUT2D eigenvalue weighted by Gasteiger charge is -2.28. The van der Waals surface area contributed by atoms with Gasteiger partial charge in [-0.3, -0.25) is 9.97 Å². The van der Waals surface area contributed by atoms with Gasteiger partial charge in [0.05, 0.1) is 17.8 Å². The van der Waals surface area contributed by atoms with Crippen LogP contribution in [-0.4, -0.2) is 24.5 Å². The summed E-state index contributed by atoms with van der Waals surface area (Å²) >= 11 is 5.80. The van der Waals surface area contributed by atoms with Crippen molar-refractivity contribution in [3.05, 3.63) is 113 Å². The van der Waals surface area contributed by atoms with Gasteiger partial charge in [0.1, 0.15) is 5.82 Å². The highest BCUT2D eigenvalue weighted by molar-refractivity contribution is 7.80. The van der Waals surface area contributed by atoms with E-state index in [0.29, 0.717) is 11.7 Å². The number of thiocarbonyl (C=S) groups is 1. The van der Waals surface area contributed by atoms with E-state index in [1.54, 1.807) is 24.5 Å². The van der Waals surface area contributed by atoms with Gasteiger partial charge >= 0.3 is 0 Å². The second-order valence-electron chi connectivity index (χ2n) is 8.26. The van der Waals surface area contributed by atoms with Crippen LogP contribution in [-0.2, 0) is 6.54 Å². The van der Waals surface area contributed by atoms with Crippen LogP contribution in [0, 0.1) is 19.7 Å². The molecule has 1 aliphatic heterocycles. The summed E-state index contributed by atoms with van der Waals surface area (Å²) in [6.45, 7) is 4.74. The molecule has 1 aliphatic rings. The van der Waals surface area contributed by atoms with Crippen LogP contribution in [0.5, 0.6) is 0 Å². The molecule has 3 aromatic heterocycles. The Bertz CT molecular complexity index is 1290. The van der Waals surface area contributed by atoms with Gasteiger partial charge in [0.15, 0.2) is 5.11 Å². The van der Waals surface area contributed by atoms with Crippen molar-refractivity contribution in [2.45, 2.75) is 32.5 Å². The second kappa shape index (κ2) is 8.75. The zero-order valence-electron chi connectivity index (χ0n) is 18.4. The maximum atomic E-state index is 14.0. The van der Waals surface area contributed by atoms with Crippen molar-refractivity contribution < 1.29 is 4.39 Å². The van der Waals surface area contributed by atoms with Gasteiger partial charge in [-0.25, -0.2) is 4.39 Å². The number of hydrogen-bond donors (Lipinski definition) is 1. The van der Waals surface area contributed by atoms with Crippen LogP contribution < -0.4 is 5.32 Å². The Morgan fingerprint density at radius 2 is 1.91 bits per heavy atom. The van der Waals surface area contributed by atoms with Crippen molar-refractivity contribution in [1.82, 2.24) is 24.8 Å². The van der Waals surface area contributed by atoms with Gasteiger partial charge in [0.2, 0.25) is 0 Å². The van der Waals surface area contributed by atoms with Crippen molar-refractivity contribution in [3.63, 3.8) is 0 Å². The smallest absolute Gasteiger partial charge is 0.170 e. The molecular formula is C26H24FN5S. The van der Waals surface area contributed by atoms with E-state index in [4.69, 9.17) is 12.2 Å². The normalized spacial score (nSPS) is 17.9. The average molecular weight is 458 g/mol. The number of benzene rings is 1. The van der Waals surface area contributed by atoms with E-state index < -0.39 is 0 Å². The molecule has 0 bridgehead atoms. The molecule has 1 fully saturated rings. The topological polar surface area (TPSA) is 46.0 Å². The average Bonchev–Trinajstić information content (AvgIpc) is 3.30. The fourth-order valence-electron chi connectivity index (χ4n) is 4.70. The third kappa shape index (κ3) is 4.00. The lowest BCUT2D eigenvalue weighted by molar-refractivity contribution is 0.310. The standard InChI is InChI=1S/C26H24FN5S/c1-17-13-22(18(2)32(17)21-9-5-8-20(27)14-21)25-24(23-10-3-4-12-29-23)30-26(33)31(25)16-19-7-6-11-28-15-19/h3-15,24-25H,16H2,1-2H3,(H,30,33)/t24-,25+/m0/s1. The van der Waals surface area contributed by atoms with Gasteiger partial charge in [-0.05, 0) is 79.7 Å². The monoisotopic (exact) mass is 457 g/mol. The fraction of sp³-hybridized carbons (Fsp3) is 0.192. The Morgan fingerprint density at radius 3 is 2.64 bits per heavy atom. The Balaban J connectivity index is 1.62. The van der Waals surface area contributed by atoms with Crippen LogP contribution in [0.4, 0.5) is 4.39 Å². The third-order valence-electron chi connectivity index (χ3n) is 6.13. The highest BCUT2D eigenvalue weighted by Gasteiger charge is 2.41. The van der Waals surface area contributed by atoms with Gasteiger partial charge in [-0.1, -0.05) is 18.2 Å². The predicted molar refractivity (Wildman–Crippen MR) is 130 cm³/mol. The summed E-state index contributed by atoms with van der Waals surface area (Å²) in [5.74, 6) is -0.255. The maximum absolute atomic E-state index is 14.0. The molecule has 0 amide bonds. The molecule has 7 heteroatoms. The minimum absolute atomic E-state index is 0.0823. The van der Waals surface area contributed by atoms with E-state index in [1.807, 2.05) is 43.5 Å². The Kier molecular flexibility index (Phi) is 5.64. The van der Waals surface area contributed by atoms with E-state index in [-0.39, 0.29) is 17.9 Å². The number of hydrogen-bond acceptors (Lipinski definition) is 3. The lowest BCUT2D eigenvalue weighted by Crippen LogP contribution is -2.29. The zero-order valence-corrected chi connectivity index (χ0v) is 19.3. The molecule has 5 rings (SSSR count). The summed E-state index contributed by atoms with van der Waals surface area (Å²) in [7, 11) is 0. The van der Waals surface area contributed by atoms with Crippen molar-refractivity contribution in [2.24, 2.45) is 0 Å². The molecule has 1 N–H and O–H groups in total. The van der Waals surface area contributed by atoms with Gasteiger partial charge in [-0.15, -0.1) is 0 Å². The second-order valence-corrected chi connectivity index (χ2v) is 8.64. The van der Waals surface area contributed by atoms with E-state index in [1.165, 1.54) is 6.07 Å². The summed E-state index contributed by atoms with van der Waals surface area (Å²) in [6.07, 6.45) is 5.44. The van der Waals surface area contributed by atoms with Gasteiger partial charge in [-0.2, -0.15) is 0 Å². The first-order valence-electron chi connectivity index (χ1n) is 10.8. The van der Waals surface area contributed by atoms with E-state index in [9.17, 15) is 4.39 Å². The molecule has 4 heterocycles. The SMILES string of the molecule is Cc1cc([C@@H]2[C@H](c3ccccn3)NC(=S)N2Cc2cccnc2)c(C)n1-c1cccc(F)c1. The van der Waals surface area contributed by atoms with E-state index in [0.717, 1.165) is 33.9 Å². The van der Waals surface area contributed by atoms with Crippen LogP contribution in [0.2, 0.25) is 0 Å². The Labute approximate surface area is 197 Å². The number of halogens is 1. The zero-order chi connectivity index (χ0) is 22.9. The molecule has 5 nitrogen and oxygen atoms in total. The van der Waals surface area contributed by atoms with Crippen molar-refractivity contribution in [2.75, 3.05) is 0 Å². The molecule has 2 atom stereocenters. The number of nitrogens with zero attached hydrogens (tertiary/aromatic N) is 4. The molecule has 0 spiro atoms. The summed E-state index contributed by atoms with van der Waals surface area (Å²) in [6, 6.07) is 18.6. The minimum Gasteiger partial charge on any atom is -0.352 e. The van der Waals surface area contributed by atoms with Crippen LogP contribution in [0.15, 0.2) is 79.3 Å². The summed E-state index contributed by atoms with van der Waals surface area (Å²) in [5.41, 5.74) is 6.02. The van der Waals surface area contributed by atoms with Gasteiger partial charge in [0, 0.05) is 42.2 Å². The summed E-state index contributed by atoms with van der Waals surface area (Å²) < 4.78 is 16.1. The summed E-state index contributed by atoms with van der Waals surface area (Å²) in [5, 5.41) is 4.18. The van der Waals surface area contributed by atoms with Crippen molar-refractivity contribution in [1.29, 1.82) is 0 Å². The van der Waals surface area contributed by atoms with E-state index >= 15 is 0 Å². The van der Waals surface area contributed by atoms with Gasteiger partial charge < -0.3 is 14.8 Å². The first-order valence-corrected chi connectivity index (χ1v) is 11.3. The highest BCUT2D eigenvalue weighted by atomic mass is 32.1. The molecule has 0 unspecified atom stereocenters. The number of aromatic nitrogens is 3. The molecule has 4 aromatic rings. The number of pyridine rings is 2. The van der Waals surface area contributed by atoms with Crippen LogP contribution in [0.3, 0.4) is 0 Å². The fourth-order valence-corrected chi connectivity index (χ4v) is 5.01. The highest BCUT2D eigenvalue weighted by Crippen LogP contribution is 2.42. The molecule has 166 valence electrons. The molecule has 0 saturated carbocycles. The number of aryl methyl sites for hydroxylation is 1. The molecule has 33 heavy (non-hydrogen) atoms. The van der Waals surface area contributed by atoms with Crippen LogP contribution in [0.25, 0.3) is 5.69 Å². The van der Waals surface area contributed by atoms with Crippen molar-refractivity contribution >= 4 is 17.3 Å². The quantitative estimate of drug-likeness (QED) is 0.418. The predicted octanol–water partition coefficient (Wildman–Crippen LogP) is 5.20.